The molecule has 0 bridgehead atoms. The van der Waals surface area contributed by atoms with E-state index in [1.165, 1.54) is 0 Å². The molecule has 1 aliphatic rings. The number of nitrogens with zero attached hydrogens (tertiary/aromatic N) is 1. The standard InChI is InChI=1S/C17H20N4O2S/c1-11-10-24-17(19-11)21-13-4-2-12(3-5-13)16(23)20-14-6-7-15(22)18-9-8-14/h2-5,10,14H,6-9H2,1H3,(H,18,22)(H,19,21)(H,20,23). The Morgan fingerprint density at radius 2 is 2.08 bits per heavy atom. The third-order valence-corrected chi connectivity index (χ3v) is 4.76. The lowest BCUT2D eigenvalue weighted by Gasteiger charge is -2.15. The van der Waals surface area contributed by atoms with E-state index in [1.807, 2.05) is 24.4 Å². The van der Waals surface area contributed by atoms with Gasteiger partial charge in [0, 0.05) is 35.6 Å². The van der Waals surface area contributed by atoms with Gasteiger partial charge in [0.25, 0.3) is 5.91 Å². The Morgan fingerprint density at radius 1 is 1.29 bits per heavy atom. The summed E-state index contributed by atoms with van der Waals surface area (Å²) in [5, 5.41) is 11.9. The summed E-state index contributed by atoms with van der Waals surface area (Å²) in [6.07, 6.45) is 1.90. The number of thiazole rings is 1. The van der Waals surface area contributed by atoms with Gasteiger partial charge in [0.05, 0.1) is 5.69 Å². The fraction of sp³-hybridized carbons (Fsp3) is 0.353. The van der Waals surface area contributed by atoms with Crippen LogP contribution in [-0.4, -0.2) is 29.4 Å². The summed E-state index contributed by atoms with van der Waals surface area (Å²) in [5.41, 5.74) is 2.49. The second kappa shape index (κ2) is 7.44. The van der Waals surface area contributed by atoms with Crippen molar-refractivity contribution in [3.05, 3.63) is 40.9 Å². The molecule has 1 aromatic heterocycles. The molecular formula is C17H20N4O2S. The van der Waals surface area contributed by atoms with Crippen LogP contribution >= 0.6 is 11.3 Å². The van der Waals surface area contributed by atoms with Crippen LogP contribution in [-0.2, 0) is 4.79 Å². The molecule has 1 aromatic carbocycles. The number of aryl methyl sites for hydroxylation is 1. The van der Waals surface area contributed by atoms with Crippen molar-refractivity contribution in [1.82, 2.24) is 15.6 Å². The first-order valence-corrected chi connectivity index (χ1v) is 8.85. The van der Waals surface area contributed by atoms with Gasteiger partial charge in [-0.25, -0.2) is 4.98 Å². The Balaban J connectivity index is 1.58. The molecular weight excluding hydrogens is 324 g/mol. The number of aromatic nitrogens is 1. The molecule has 24 heavy (non-hydrogen) atoms. The minimum atomic E-state index is -0.106. The average molecular weight is 344 g/mol. The van der Waals surface area contributed by atoms with E-state index in [2.05, 4.69) is 20.9 Å². The Kier molecular flexibility index (Phi) is 5.10. The number of rotatable bonds is 4. The second-order valence-corrected chi connectivity index (χ2v) is 6.70. The topological polar surface area (TPSA) is 83.1 Å². The highest BCUT2D eigenvalue weighted by molar-refractivity contribution is 7.13. The summed E-state index contributed by atoms with van der Waals surface area (Å²) >= 11 is 1.55. The van der Waals surface area contributed by atoms with Crippen LogP contribution in [0.4, 0.5) is 10.8 Å². The summed E-state index contributed by atoms with van der Waals surface area (Å²) in [5.74, 6) is -0.0504. The minimum Gasteiger partial charge on any atom is -0.356 e. The number of benzene rings is 1. The number of carbonyl (C=O) groups excluding carboxylic acids is 2. The molecule has 1 fully saturated rings. The van der Waals surface area contributed by atoms with Crippen molar-refractivity contribution in [2.24, 2.45) is 0 Å². The number of amides is 2. The molecule has 2 amide bonds. The number of hydrogen-bond donors (Lipinski definition) is 3. The Morgan fingerprint density at radius 3 is 2.79 bits per heavy atom. The first kappa shape index (κ1) is 16.4. The molecule has 1 unspecified atom stereocenters. The fourth-order valence-corrected chi connectivity index (χ4v) is 3.29. The van der Waals surface area contributed by atoms with Gasteiger partial charge >= 0.3 is 0 Å². The van der Waals surface area contributed by atoms with Gasteiger partial charge in [0.15, 0.2) is 5.13 Å². The first-order valence-electron chi connectivity index (χ1n) is 7.97. The van der Waals surface area contributed by atoms with E-state index < -0.39 is 0 Å². The molecule has 2 aromatic rings. The van der Waals surface area contributed by atoms with E-state index in [-0.39, 0.29) is 17.9 Å². The highest BCUT2D eigenvalue weighted by Crippen LogP contribution is 2.21. The summed E-state index contributed by atoms with van der Waals surface area (Å²) < 4.78 is 0. The molecule has 0 aliphatic carbocycles. The van der Waals surface area contributed by atoms with E-state index in [4.69, 9.17) is 0 Å². The molecule has 6 nitrogen and oxygen atoms in total. The van der Waals surface area contributed by atoms with Gasteiger partial charge in [-0.1, -0.05) is 0 Å². The summed E-state index contributed by atoms with van der Waals surface area (Å²) in [4.78, 5) is 28.0. The molecule has 1 saturated heterocycles. The third-order valence-electron chi connectivity index (χ3n) is 3.89. The van der Waals surface area contributed by atoms with E-state index in [1.54, 1.807) is 23.5 Å². The van der Waals surface area contributed by atoms with Crippen molar-refractivity contribution in [2.45, 2.75) is 32.2 Å². The van der Waals surface area contributed by atoms with E-state index in [0.717, 1.165) is 22.9 Å². The molecule has 3 rings (SSSR count). The lowest BCUT2D eigenvalue weighted by Crippen LogP contribution is -2.35. The monoisotopic (exact) mass is 344 g/mol. The first-order chi connectivity index (χ1) is 11.6. The van der Waals surface area contributed by atoms with Gasteiger partial charge in [-0.05, 0) is 44.0 Å². The molecule has 3 N–H and O–H groups in total. The van der Waals surface area contributed by atoms with Crippen molar-refractivity contribution in [1.29, 1.82) is 0 Å². The molecule has 1 atom stereocenters. The average Bonchev–Trinajstić information content (AvgIpc) is 2.86. The smallest absolute Gasteiger partial charge is 0.251 e. The van der Waals surface area contributed by atoms with Crippen molar-refractivity contribution >= 4 is 34.0 Å². The van der Waals surface area contributed by atoms with Crippen molar-refractivity contribution in [3.63, 3.8) is 0 Å². The van der Waals surface area contributed by atoms with Crippen LogP contribution in [0, 0.1) is 6.92 Å². The molecule has 7 heteroatoms. The SMILES string of the molecule is Cc1csc(Nc2ccc(C(=O)NC3CCNC(=O)CC3)cc2)n1. The Labute approximate surface area is 144 Å². The van der Waals surface area contributed by atoms with E-state index in [9.17, 15) is 9.59 Å². The summed E-state index contributed by atoms with van der Waals surface area (Å²) in [7, 11) is 0. The van der Waals surface area contributed by atoms with Crippen LogP contribution in [0.3, 0.4) is 0 Å². The zero-order valence-corrected chi connectivity index (χ0v) is 14.3. The molecule has 0 spiro atoms. The summed E-state index contributed by atoms with van der Waals surface area (Å²) in [6, 6.07) is 7.34. The highest BCUT2D eigenvalue weighted by Gasteiger charge is 2.18. The van der Waals surface area contributed by atoms with Crippen LogP contribution in [0.2, 0.25) is 0 Å². The minimum absolute atomic E-state index is 0.0348. The zero-order valence-electron chi connectivity index (χ0n) is 13.5. The van der Waals surface area contributed by atoms with Gasteiger partial charge < -0.3 is 16.0 Å². The molecule has 1 aliphatic heterocycles. The molecule has 2 heterocycles. The van der Waals surface area contributed by atoms with E-state index in [0.29, 0.717) is 24.9 Å². The van der Waals surface area contributed by atoms with Gasteiger partial charge in [-0.3, -0.25) is 9.59 Å². The largest absolute Gasteiger partial charge is 0.356 e. The van der Waals surface area contributed by atoms with Crippen molar-refractivity contribution < 1.29 is 9.59 Å². The van der Waals surface area contributed by atoms with Gasteiger partial charge in [-0.15, -0.1) is 11.3 Å². The number of carbonyl (C=O) groups is 2. The van der Waals surface area contributed by atoms with Crippen LogP contribution in [0.15, 0.2) is 29.6 Å². The highest BCUT2D eigenvalue weighted by atomic mass is 32.1. The van der Waals surface area contributed by atoms with Crippen LogP contribution in [0.1, 0.15) is 35.3 Å². The molecule has 126 valence electrons. The molecule has 0 radical (unpaired) electrons. The van der Waals surface area contributed by atoms with Crippen molar-refractivity contribution in [3.8, 4) is 0 Å². The fourth-order valence-electron chi connectivity index (χ4n) is 2.58. The van der Waals surface area contributed by atoms with Crippen LogP contribution < -0.4 is 16.0 Å². The lowest BCUT2D eigenvalue weighted by molar-refractivity contribution is -0.120. The number of hydrogen-bond acceptors (Lipinski definition) is 5. The quantitative estimate of drug-likeness (QED) is 0.796. The normalized spacial score (nSPS) is 17.7. The lowest BCUT2D eigenvalue weighted by atomic mass is 10.1. The second-order valence-electron chi connectivity index (χ2n) is 5.84. The maximum atomic E-state index is 12.3. The number of nitrogens with one attached hydrogen (secondary N) is 3. The Hall–Kier alpha value is -2.41. The van der Waals surface area contributed by atoms with Gasteiger partial charge in [0.1, 0.15) is 0 Å². The zero-order chi connectivity index (χ0) is 16.9. The molecule has 0 saturated carbocycles. The number of anilines is 2. The predicted molar refractivity (Wildman–Crippen MR) is 94.7 cm³/mol. The van der Waals surface area contributed by atoms with Crippen molar-refractivity contribution in [2.75, 3.05) is 11.9 Å². The van der Waals surface area contributed by atoms with Gasteiger partial charge in [-0.2, -0.15) is 0 Å². The third kappa shape index (κ3) is 4.32. The summed E-state index contributed by atoms with van der Waals surface area (Å²) in [6.45, 7) is 2.56. The Bertz CT molecular complexity index is 726. The van der Waals surface area contributed by atoms with E-state index >= 15 is 0 Å². The maximum Gasteiger partial charge on any atom is 0.251 e. The van der Waals surface area contributed by atoms with Crippen LogP contribution in [0.25, 0.3) is 0 Å². The van der Waals surface area contributed by atoms with Gasteiger partial charge in [0.2, 0.25) is 5.91 Å². The van der Waals surface area contributed by atoms with Crippen LogP contribution in [0.5, 0.6) is 0 Å². The maximum absolute atomic E-state index is 12.3. The predicted octanol–water partition coefficient (Wildman–Crippen LogP) is 2.59.